The summed E-state index contributed by atoms with van der Waals surface area (Å²) in [7, 11) is -2.60. The third-order valence-corrected chi connectivity index (χ3v) is 4.15. The number of carbonyl (C=O) groups excluding carboxylic acids is 1. The Balaban J connectivity index is 2.97. The summed E-state index contributed by atoms with van der Waals surface area (Å²) in [6, 6.07) is 3.61. The first-order valence-corrected chi connectivity index (χ1v) is 7.48. The lowest BCUT2D eigenvalue weighted by molar-refractivity contribution is -0.139. The van der Waals surface area contributed by atoms with Crippen LogP contribution >= 0.6 is 0 Å². The number of amides is 1. The van der Waals surface area contributed by atoms with Crippen LogP contribution in [0.1, 0.15) is 16.8 Å². The smallest absolute Gasteiger partial charge is 0.321 e. The number of hydrogen-bond donors (Lipinski definition) is 4. The van der Waals surface area contributed by atoms with Crippen molar-refractivity contribution in [3.8, 4) is 0 Å². The Morgan fingerprint density at radius 2 is 1.81 bits per heavy atom. The predicted octanol–water partition coefficient (Wildman–Crippen LogP) is -0.840. The summed E-state index contributed by atoms with van der Waals surface area (Å²) in [6.07, 6.45) is -0.245. The van der Waals surface area contributed by atoms with E-state index in [9.17, 15) is 18.0 Å². The Morgan fingerprint density at radius 1 is 1.24 bits per heavy atom. The lowest BCUT2D eigenvalue weighted by atomic mass is 10.2. The van der Waals surface area contributed by atoms with Crippen LogP contribution in [0.25, 0.3) is 0 Å². The van der Waals surface area contributed by atoms with E-state index in [-0.39, 0.29) is 22.8 Å². The molecule has 0 unspecified atom stereocenters. The first-order valence-electron chi connectivity index (χ1n) is 6.00. The Morgan fingerprint density at radius 3 is 2.24 bits per heavy atom. The van der Waals surface area contributed by atoms with Crippen molar-refractivity contribution < 1.29 is 28.2 Å². The molecule has 4 N–H and O–H groups in total. The lowest BCUT2D eigenvalue weighted by Crippen LogP contribution is -2.41. The number of rotatable bonds is 7. The van der Waals surface area contributed by atoms with Gasteiger partial charge in [0.2, 0.25) is 10.0 Å². The molecule has 0 radical (unpaired) electrons. The van der Waals surface area contributed by atoms with Crippen LogP contribution in [-0.2, 0) is 14.8 Å². The highest BCUT2D eigenvalue weighted by atomic mass is 32.2. The number of aliphatic hydroxyl groups excluding tert-OH is 1. The molecular weight excluding hydrogens is 300 g/mol. The zero-order valence-electron chi connectivity index (χ0n) is 11.2. The molecule has 0 aliphatic heterocycles. The zero-order chi connectivity index (χ0) is 16.0. The second-order valence-electron chi connectivity index (χ2n) is 4.13. The molecular formula is C12H16N2O6S. The fraction of sp³-hybridized carbons (Fsp3) is 0.333. The highest BCUT2D eigenvalue weighted by Crippen LogP contribution is 2.12. The summed E-state index contributed by atoms with van der Waals surface area (Å²) in [6.45, 7) is -0.463. The van der Waals surface area contributed by atoms with E-state index in [0.717, 1.165) is 0 Å². The van der Waals surface area contributed by atoms with Crippen molar-refractivity contribution in [2.45, 2.75) is 17.4 Å². The van der Waals surface area contributed by atoms with Crippen molar-refractivity contribution in [1.82, 2.24) is 10.0 Å². The van der Waals surface area contributed by atoms with Crippen molar-refractivity contribution in [1.29, 1.82) is 0 Å². The van der Waals surface area contributed by atoms with Crippen molar-refractivity contribution in [2.75, 3.05) is 13.7 Å². The van der Waals surface area contributed by atoms with Gasteiger partial charge in [-0.3, -0.25) is 9.59 Å². The van der Waals surface area contributed by atoms with Gasteiger partial charge in [0.25, 0.3) is 5.91 Å². The van der Waals surface area contributed by atoms with Gasteiger partial charge in [-0.05, 0) is 30.7 Å². The largest absolute Gasteiger partial charge is 0.480 e. The summed E-state index contributed by atoms with van der Waals surface area (Å²) >= 11 is 0. The summed E-state index contributed by atoms with van der Waals surface area (Å²) < 4.78 is 26.0. The highest BCUT2D eigenvalue weighted by Gasteiger charge is 2.25. The summed E-state index contributed by atoms with van der Waals surface area (Å²) in [4.78, 5) is 22.1. The standard InChI is InChI=1S/C12H16N2O6S/c1-13-11(16)8-2-4-9(5-3-8)21(19,20)14-10(6-7-15)12(17)18/h2-5,10,14-15H,6-7H2,1H3,(H,13,16)(H,17,18)/t10-/m1/s1. The number of carboxylic acids is 1. The fourth-order valence-electron chi connectivity index (χ4n) is 1.55. The second kappa shape index (κ2) is 7.16. The second-order valence-corrected chi connectivity index (χ2v) is 5.84. The number of aliphatic carboxylic acids is 1. The third kappa shape index (κ3) is 4.52. The molecule has 9 heteroatoms. The van der Waals surface area contributed by atoms with Gasteiger partial charge in [-0.15, -0.1) is 0 Å². The number of nitrogens with one attached hydrogen (secondary N) is 2. The topological polar surface area (TPSA) is 133 Å². The molecule has 116 valence electrons. The van der Waals surface area contributed by atoms with Crippen LogP contribution in [-0.4, -0.2) is 50.2 Å². The Bertz CT molecular complexity index is 611. The van der Waals surface area contributed by atoms with Gasteiger partial charge >= 0.3 is 5.97 Å². The van der Waals surface area contributed by atoms with Gasteiger partial charge in [-0.1, -0.05) is 0 Å². The molecule has 0 saturated carbocycles. The van der Waals surface area contributed by atoms with Crippen LogP contribution in [0.2, 0.25) is 0 Å². The fourth-order valence-corrected chi connectivity index (χ4v) is 2.77. The molecule has 1 atom stereocenters. The monoisotopic (exact) mass is 316 g/mol. The van der Waals surface area contributed by atoms with Gasteiger partial charge in [-0.25, -0.2) is 8.42 Å². The predicted molar refractivity (Wildman–Crippen MR) is 73.3 cm³/mol. The molecule has 0 heterocycles. The molecule has 0 fully saturated rings. The summed E-state index contributed by atoms with van der Waals surface area (Å²) in [5.41, 5.74) is 0.279. The Labute approximate surface area is 121 Å². The van der Waals surface area contributed by atoms with Crippen LogP contribution < -0.4 is 10.0 Å². The van der Waals surface area contributed by atoms with Crippen molar-refractivity contribution in [2.24, 2.45) is 0 Å². The van der Waals surface area contributed by atoms with Crippen molar-refractivity contribution >= 4 is 21.9 Å². The number of aliphatic hydroxyl groups is 1. The van der Waals surface area contributed by atoms with E-state index in [1.807, 2.05) is 4.72 Å². The van der Waals surface area contributed by atoms with Gasteiger partial charge in [0.15, 0.2) is 0 Å². The minimum absolute atomic E-state index is 0.167. The average molecular weight is 316 g/mol. The SMILES string of the molecule is CNC(=O)c1ccc(S(=O)(=O)N[C@H](CCO)C(=O)O)cc1. The van der Waals surface area contributed by atoms with Crippen molar-refractivity contribution in [3.63, 3.8) is 0 Å². The first-order chi connectivity index (χ1) is 9.81. The number of sulfonamides is 1. The van der Waals surface area contributed by atoms with Crippen LogP contribution in [0.4, 0.5) is 0 Å². The van der Waals surface area contributed by atoms with Crippen LogP contribution in [0.15, 0.2) is 29.2 Å². The van der Waals surface area contributed by atoms with E-state index in [2.05, 4.69) is 5.32 Å². The summed E-state index contributed by atoms with van der Waals surface area (Å²) in [5.74, 6) is -1.75. The Hall–Kier alpha value is -1.97. The third-order valence-electron chi connectivity index (χ3n) is 2.67. The lowest BCUT2D eigenvalue weighted by Gasteiger charge is -2.13. The van der Waals surface area contributed by atoms with Crippen molar-refractivity contribution in [3.05, 3.63) is 29.8 Å². The first kappa shape index (κ1) is 17.1. The van der Waals surface area contributed by atoms with Crippen LogP contribution in [0, 0.1) is 0 Å². The molecule has 8 nitrogen and oxygen atoms in total. The molecule has 1 rings (SSSR count). The van der Waals surface area contributed by atoms with Gasteiger partial charge in [-0.2, -0.15) is 4.72 Å². The van der Waals surface area contributed by atoms with Gasteiger partial charge in [0.05, 0.1) is 4.90 Å². The summed E-state index contributed by atoms with van der Waals surface area (Å²) in [5, 5.41) is 20.0. The number of carbonyl (C=O) groups is 2. The normalized spacial score (nSPS) is 12.7. The molecule has 0 aliphatic carbocycles. The zero-order valence-corrected chi connectivity index (χ0v) is 12.1. The van der Waals surface area contributed by atoms with E-state index in [4.69, 9.17) is 10.2 Å². The highest BCUT2D eigenvalue weighted by molar-refractivity contribution is 7.89. The van der Waals surface area contributed by atoms with Crippen LogP contribution in [0.3, 0.4) is 0 Å². The minimum Gasteiger partial charge on any atom is -0.480 e. The van der Waals surface area contributed by atoms with E-state index in [0.29, 0.717) is 0 Å². The van der Waals surface area contributed by atoms with Gasteiger partial charge < -0.3 is 15.5 Å². The number of benzene rings is 1. The maximum atomic E-state index is 12.0. The van der Waals surface area contributed by atoms with E-state index < -0.39 is 28.6 Å². The van der Waals surface area contributed by atoms with Gasteiger partial charge in [0.1, 0.15) is 6.04 Å². The van der Waals surface area contributed by atoms with E-state index in [1.54, 1.807) is 0 Å². The maximum absolute atomic E-state index is 12.0. The quantitative estimate of drug-likeness (QED) is 0.518. The molecule has 1 aromatic carbocycles. The Kier molecular flexibility index (Phi) is 5.82. The molecule has 1 aromatic rings. The molecule has 1 amide bonds. The molecule has 0 aromatic heterocycles. The number of hydrogen-bond acceptors (Lipinski definition) is 5. The maximum Gasteiger partial charge on any atom is 0.321 e. The molecule has 21 heavy (non-hydrogen) atoms. The van der Waals surface area contributed by atoms with Gasteiger partial charge in [0, 0.05) is 19.2 Å². The molecule has 0 aliphatic rings. The van der Waals surface area contributed by atoms with Crippen LogP contribution in [0.5, 0.6) is 0 Å². The molecule has 0 bridgehead atoms. The van der Waals surface area contributed by atoms with E-state index >= 15 is 0 Å². The minimum atomic E-state index is -4.05. The average Bonchev–Trinajstić information content (AvgIpc) is 2.45. The van der Waals surface area contributed by atoms with E-state index in [1.165, 1.54) is 31.3 Å². The molecule has 0 saturated heterocycles. The molecule has 0 spiro atoms. The number of carboxylic acid groups (broad SMARTS) is 1.